The van der Waals surface area contributed by atoms with Crippen molar-refractivity contribution in [1.29, 1.82) is 0 Å². The summed E-state index contributed by atoms with van der Waals surface area (Å²) in [5.74, 6) is -0.502. The maximum absolute atomic E-state index is 13.0. The molecule has 16 heavy (non-hydrogen) atoms. The summed E-state index contributed by atoms with van der Waals surface area (Å²) in [6.07, 6.45) is 0. The van der Waals surface area contributed by atoms with Crippen LogP contribution in [-0.4, -0.2) is 8.42 Å². The highest BCUT2D eigenvalue weighted by Gasteiger charge is 2.20. The lowest BCUT2D eigenvalue weighted by Crippen LogP contribution is -2.21. The Balaban J connectivity index is 0.00000225. The highest BCUT2D eigenvalue weighted by atomic mass is 35.5. The molecule has 4 nitrogen and oxygen atoms in total. The smallest absolute Gasteiger partial charge is 0.215 e. The Morgan fingerprint density at radius 1 is 1.44 bits per heavy atom. The van der Waals surface area contributed by atoms with Gasteiger partial charge in [0.1, 0.15) is 5.82 Å². The van der Waals surface area contributed by atoms with E-state index in [1.54, 1.807) is 0 Å². The monoisotopic (exact) mass is 268 g/mol. The van der Waals surface area contributed by atoms with Crippen molar-refractivity contribution in [3.8, 4) is 0 Å². The number of primary sulfonamides is 1. The molecule has 0 heterocycles. The van der Waals surface area contributed by atoms with Gasteiger partial charge in [0.2, 0.25) is 10.0 Å². The molecule has 1 atom stereocenters. The van der Waals surface area contributed by atoms with Crippen molar-refractivity contribution in [2.75, 3.05) is 0 Å². The largest absolute Gasteiger partial charge is 0.326 e. The molecule has 4 N–H and O–H groups in total. The average Bonchev–Trinajstić information content (AvgIpc) is 2.15. The first-order chi connectivity index (χ1) is 6.86. The first-order valence-corrected chi connectivity index (χ1v) is 5.97. The van der Waals surface area contributed by atoms with Crippen LogP contribution in [0.15, 0.2) is 18.2 Å². The Bertz CT molecular complexity index is 465. The van der Waals surface area contributed by atoms with E-state index in [4.69, 9.17) is 10.9 Å². The van der Waals surface area contributed by atoms with E-state index in [9.17, 15) is 12.8 Å². The van der Waals surface area contributed by atoms with Crippen LogP contribution in [0, 0.1) is 5.82 Å². The SMILES string of the molecule is CC(c1cc(F)ccc1CN)S(N)(=O)=O.Cl. The number of nitrogens with two attached hydrogens (primary N) is 2. The molecule has 0 aliphatic rings. The molecule has 1 rings (SSSR count). The van der Waals surface area contributed by atoms with Crippen LogP contribution in [0.4, 0.5) is 4.39 Å². The van der Waals surface area contributed by atoms with Crippen LogP contribution in [0.3, 0.4) is 0 Å². The van der Waals surface area contributed by atoms with Gasteiger partial charge >= 0.3 is 0 Å². The fourth-order valence-corrected chi connectivity index (χ4v) is 1.88. The van der Waals surface area contributed by atoms with Crippen LogP contribution < -0.4 is 10.9 Å². The van der Waals surface area contributed by atoms with Gasteiger partial charge in [-0.1, -0.05) is 6.07 Å². The lowest BCUT2D eigenvalue weighted by atomic mass is 10.1. The number of sulfonamides is 1. The summed E-state index contributed by atoms with van der Waals surface area (Å²) in [6, 6.07) is 3.85. The summed E-state index contributed by atoms with van der Waals surface area (Å²) in [4.78, 5) is 0. The summed E-state index contributed by atoms with van der Waals surface area (Å²) in [7, 11) is -3.73. The van der Waals surface area contributed by atoms with Crippen LogP contribution in [0.2, 0.25) is 0 Å². The Morgan fingerprint density at radius 3 is 2.44 bits per heavy atom. The van der Waals surface area contributed by atoms with Crippen molar-refractivity contribution in [1.82, 2.24) is 0 Å². The molecule has 1 unspecified atom stereocenters. The maximum Gasteiger partial charge on any atom is 0.215 e. The van der Waals surface area contributed by atoms with Crippen molar-refractivity contribution in [2.45, 2.75) is 18.7 Å². The average molecular weight is 269 g/mol. The molecule has 0 bridgehead atoms. The minimum Gasteiger partial charge on any atom is -0.326 e. The molecule has 1 aromatic rings. The van der Waals surface area contributed by atoms with Crippen LogP contribution >= 0.6 is 12.4 Å². The highest BCUT2D eigenvalue weighted by molar-refractivity contribution is 7.89. The third-order valence-electron chi connectivity index (χ3n) is 2.26. The molecule has 0 amide bonds. The van der Waals surface area contributed by atoms with E-state index in [2.05, 4.69) is 0 Å². The normalized spacial score (nSPS) is 13.0. The summed E-state index contributed by atoms with van der Waals surface area (Å²) in [5, 5.41) is 4.04. The molecule has 0 saturated heterocycles. The van der Waals surface area contributed by atoms with Gasteiger partial charge in [-0.2, -0.15) is 0 Å². The van der Waals surface area contributed by atoms with Gasteiger partial charge in [0.25, 0.3) is 0 Å². The standard InChI is InChI=1S/C9H13FN2O2S.ClH/c1-6(15(12,13)14)9-4-8(10)3-2-7(9)5-11;/h2-4,6H,5,11H2,1H3,(H2,12,13,14);1H. The summed E-state index contributed by atoms with van der Waals surface area (Å²) in [5.41, 5.74) is 6.32. The Labute approximate surface area is 100 Å². The topological polar surface area (TPSA) is 86.2 Å². The van der Waals surface area contributed by atoms with Crippen molar-refractivity contribution >= 4 is 22.4 Å². The highest BCUT2D eigenvalue weighted by Crippen LogP contribution is 2.24. The number of benzene rings is 1. The van der Waals surface area contributed by atoms with Gasteiger partial charge in [-0.3, -0.25) is 0 Å². The Hall–Kier alpha value is -0.690. The fraction of sp³-hybridized carbons (Fsp3) is 0.333. The molecular formula is C9H14ClFN2O2S. The first-order valence-electron chi connectivity index (χ1n) is 4.36. The number of hydrogen-bond acceptors (Lipinski definition) is 3. The summed E-state index contributed by atoms with van der Waals surface area (Å²) in [6.45, 7) is 1.55. The maximum atomic E-state index is 13.0. The Kier molecular flexibility index (Phi) is 5.34. The lowest BCUT2D eigenvalue weighted by Gasteiger charge is -2.13. The minimum absolute atomic E-state index is 0. The zero-order chi connectivity index (χ0) is 11.6. The molecule has 0 spiro atoms. The second-order valence-corrected chi connectivity index (χ2v) is 5.16. The van der Waals surface area contributed by atoms with Crippen LogP contribution in [0.1, 0.15) is 23.3 Å². The fourth-order valence-electron chi connectivity index (χ4n) is 1.31. The number of hydrogen-bond donors (Lipinski definition) is 2. The van der Waals surface area contributed by atoms with Crippen LogP contribution in [0.5, 0.6) is 0 Å². The van der Waals surface area contributed by atoms with Gasteiger partial charge in [-0.25, -0.2) is 17.9 Å². The van der Waals surface area contributed by atoms with Gasteiger partial charge in [0.05, 0.1) is 5.25 Å². The van der Waals surface area contributed by atoms with E-state index in [0.29, 0.717) is 11.1 Å². The zero-order valence-electron chi connectivity index (χ0n) is 8.68. The minimum atomic E-state index is -3.73. The second kappa shape index (κ2) is 5.58. The summed E-state index contributed by atoms with van der Waals surface area (Å²) >= 11 is 0. The summed E-state index contributed by atoms with van der Waals surface area (Å²) < 4.78 is 35.2. The molecule has 0 aromatic heterocycles. The van der Waals surface area contributed by atoms with Gasteiger partial charge in [-0.15, -0.1) is 12.4 Å². The van der Waals surface area contributed by atoms with E-state index >= 15 is 0 Å². The van der Waals surface area contributed by atoms with Gasteiger partial charge in [0, 0.05) is 6.54 Å². The molecule has 0 fully saturated rings. The molecule has 92 valence electrons. The predicted octanol–water partition coefficient (Wildman–Crippen LogP) is 1.06. The third kappa shape index (κ3) is 3.41. The molecule has 0 aliphatic carbocycles. The molecule has 7 heteroatoms. The predicted molar refractivity (Wildman–Crippen MR) is 63.1 cm³/mol. The lowest BCUT2D eigenvalue weighted by molar-refractivity contribution is 0.586. The van der Waals surface area contributed by atoms with Gasteiger partial charge in [-0.05, 0) is 30.2 Å². The van der Waals surface area contributed by atoms with E-state index in [1.807, 2.05) is 0 Å². The van der Waals surface area contributed by atoms with E-state index in [0.717, 1.165) is 6.07 Å². The van der Waals surface area contributed by atoms with Crippen LogP contribution in [0.25, 0.3) is 0 Å². The first kappa shape index (κ1) is 15.3. The van der Waals surface area contributed by atoms with E-state index in [-0.39, 0.29) is 19.0 Å². The van der Waals surface area contributed by atoms with E-state index < -0.39 is 21.1 Å². The molecule has 0 radical (unpaired) electrons. The molecule has 0 aliphatic heterocycles. The number of rotatable bonds is 3. The number of halogens is 2. The van der Waals surface area contributed by atoms with E-state index in [1.165, 1.54) is 19.1 Å². The molecule has 0 saturated carbocycles. The second-order valence-electron chi connectivity index (χ2n) is 3.28. The van der Waals surface area contributed by atoms with Gasteiger partial charge in [0.15, 0.2) is 0 Å². The van der Waals surface area contributed by atoms with Crippen molar-refractivity contribution in [2.24, 2.45) is 10.9 Å². The molecule has 1 aromatic carbocycles. The van der Waals surface area contributed by atoms with Crippen molar-refractivity contribution in [3.05, 3.63) is 35.1 Å². The van der Waals surface area contributed by atoms with Crippen LogP contribution in [-0.2, 0) is 16.6 Å². The molecular weight excluding hydrogens is 255 g/mol. The van der Waals surface area contributed by atoms with Crippen molar-refractivity contribution in [3.63, 3.8) is 0 Å². The van der Waals surface area contributed by atoms with Crippen molar-refractivity contribution < 1.29 is 12.8 Å². The third-order valence-corrected chi connectivity index (χ3v) is 3.50. The zero-order valence-corrected chi connectivity index (χ0v) is 10.3. The quantitative estimate of drug-likeness (QED) is 0.859. The Morgan fingerprint density at radius 2 is 2.00 bits per heavy atom. The van der Waals surface area contributed by atoms with Gasteiger partial charge < -0.3 is 5.73 Å².